The molecule has 114 valence electrons. The molecular formula is C10H17NO7P2. The Kier molecular flexibility index (Phi) is 8.02. The van der Waals surface area contributed by atoms with E-state index in [9.17, 15) is 9.13 Å². The van der Waals surface area contributed by atoms with Gasteiger partial charge in [0.1, 0.15) is 19.2 Å². The molecule has 2 atom stereocenters. The van der Waals surface area contributed by atoms with Crippen LogP contribution >= 0.6 is 16.5 Å². The summed E-state index contributed by atoms with van der Waals surface area (Å²) in [6.07, 6.45) is 0.561. The average Bonchev–Trinajstić information content (AvgIpc) is 2.39. The van der Waals surface area contributed by atoms with Gasteiger partial charge in [-0.05, 0) is 24.1 Å². The Bertz CT molecular complexity index is 435. The zero-order valence-corrected chi connectivity index (χ0v) is 12.6. The Morgan fingerprint density at radius 2 is 1.50 bits per heavy atom. The highest BCUT2D eigenvalue weighted by Gasteiger charge is 2.08. The number of phenolic OH excluding ortho intramolecular Hbond substituents is 1. The molecule has 10 heteroatoms. The normalized spacial score (nSPS) is 14.3. The molecule has 0 spiro atoms. The average molecular weight is 325 g/mol. The number of rotatable bonds is 9. The number of aromatic hydroxyl groups is 1. The van der Waals surface area contributed by atoms with Crippen molar-refractivity contribution in [2.24, 2.45) is 0 Å². The Morgan fingerprint density at radius 1 is 1.00 bits per heavy atom. The summed E-state index contributed by atoms with van der Waals surface area (Å²) in [7, 11) is -6.14. The first kappa shape index (κ1) is 17.3. The number of phenols is 1. The third-order valence-electron chi connectivity index (χ3n) is 2.39. The zero-order valence-electron chi connectivity index (χ0n) is 10.6. The largest absolute Gasteiger partial charge is 0.508 e. The van der Waals surface area contributed by atoms with Crippen LogP contribution in [0, 0.1) is 0 Å². The number of benzene rings is 1. The first-order valence-electron chi connectivity index (χ1n) is 5.69. The molecule has 1 aromatic rings. The number of hydrogen-bond acceptors (Lipinski definition) is 6. The van der Waals surface area contributed by atoms with E-state index in [1.807, 2.05) is 0 Å². The summed E-state index contributed by atoms with van der Waals surface area (Å²) in [4.78, 5) is 18.7. The van der Waals surface area contributed by atoms with E-state index < -0.39 is 16.5 Å². The van der Waals surface area contributed by atoms with Gasteiger partial charge in [0.25, 0.3) is 0 Å². The van der Waals surface area contributed by atoms with Gasteiger partial charge in [0, 0.05) is 6.54 Å². The summed E-state index contributed by atoms with van der Waals surface area (Å²) < 4.78 is 30.2. The van der Waals surface area contributed by atoms with Crippen LogP contribution in [-0.4, -0.2) is 39.8 Å². The second-order valence-electron chi connectivity index (χ2n) is 3.89. The lowest BCUT2D eigenvalue weighted by Crippen LogP contribution is -2.29. The molecule has 0 bridgehead atoms. The molecule has 0 fully saturated rings. The van der Waals surface area contributed by atoms with Gasteiger partial charge in [-0.15, -0.1) is 0 Å². The fraction of sp³-hybridized carbons (Fsp3) is 0.400. The Balaban J connectivity index is 2.47. The molecule has 0 saturated carbocycles. The first-order chi connectivity index (χ1) is 9.47. The molecule has 0 aromatic heterocycles. The smallest absolute Gasteiger partial charge is 0.317 e. The van der Waals surface area contributed by atoms with Crippen molar-refractivity contribution in [3.63, 3.8) is 0 Å². The van der Waals surface area contributed by atoms with Crippen LogP contribution in [0.3, 0.4) is 0 Å². The topological polar surface area (TPSA) is 117 Å². The van der Waals surface area contributed by atoms with Gasteiger partial charge in [-0.2, -0.15) is 0 Å². The fourth-order valence-corrected chi connectivity index (χ4v) is 2.00. The van der Waals surface area contributed by atoms with E-state index in [-0.39, 0.29) is 19.2 Å². The highest BCUT2D eigenvalue weighted by atomic mass is 31.1. The van der Waals surface area contributed by atoms with Crippen molar-refractivity contribution in [2.45, 2.75) is 6.42 Å². The molecule has 0 heterocycles. The molecule has 0 aliphatic heterocycles. The van der Waals surface area contributed by atoms with E-state index in [1.165, 1.54) is 4.90 Å². The Hall–Kier alpha value is -0.720. The second-order valence-corrected chi connectivity index (χ2v) is 5.53. The van der Waals surface area contributed by atoms with E-state index in [4.69, 9.17) is 14.9 Å². The summed E-state index contributed by atoms with van der Waals surface area (Å²) in [6, 6.07) is 6.56. The quantitative estimate of drug-likeness (QED) is 0.454. The molecule has 1 rings (SSSR count). The van der Waals surface area contributed by atoms with Crippen LogP contribution in [0.25, 0.3) is 0 Å². The summed E-state index contributed by atoms with van der Waals surface area (Å²) in [5.41, 5.74) is 0.932. The summed E-state index contributed by atoms with van der Waals surface area (Å²) in [5, 5.41) is 9.16. The minimum Gasteiger partial charge on any atom is -0.508 e. The lowest BCUT2D eigenvalue weighted by atomic mass is 10.1. The Labute approximate surface area is 117 Å². The number of hydrogen-bond donors (Lipinski definition) is 3. The third-order valence-corrected chi connectivity index (χ3v) is 3.15. The van der Waals surface area contributed by atoms with Gasteiger partial charge in [0.2, 0.25) is 0 Å². The van der Waals surface area contributed by atoms with Crippen LogP contribution in [0.4, 0.5) is 0 Å². The maximum atomic E-state index is 10.5. The fourth-order valence-electron chi connectivity index (χ4n) is 1.41. The van der Waals surface area contributed by atoms with Gasteiger partial charge in [-0.25, -0.2) is 0 Å². The van der Waals surface area contributed by atoms with Crippen molar-refractivity contribution in [3.05, 3.63) is 29.8 Å². The van der Waals surface area contributed by atoms with E-state index >= 15 is 0 Å². The standard InChI is InChI=1S/C10H17NO7P2/c12-10-3-1-9(2-4-10)5-6-11(7-17-19(13)14)8-18-20(15)16/h1-4,12,19-20H,5-8H2,(H,13,14)(H,15,16). The van der Waals surface area contributed by atoms with Gasteiger partial charge in [-0.3, -0.25) is 23.1 Å². The van der Waals surface area contributed by atoms with Crippen LogP contribution in [0.1, 0.15) is 5.56 Å². The highest BCUT2D eigenvalue weighted by molar-refractivity contribution is 7.32. The monoisotopic (exact) mass is 325 g/mol. The molecule has 0 amide bonds. The van der Waals surface area contributed by atoms with Crippen LogP contribution in [0.5, 0.6) is 5.75 Å². The molecule has 2 unspecified atom stereocenters. The molecule has 3 N–H and O–H groups in total. The first-order valence-corrected chi connectivity index (χ1v) is 8.22. The minimum atomic E-state index is -3.07. The lowest BCUT2D eigenvalue weighted by Gasteiger charge is -2.20. The predicted octanol–water partition coefficient (Wildman–Crippen LogP) is 0.949. The molecule has 0 aliphatic carbocycles. The maximum Gasteiger partial charge on any atom is 0.317 e. The third kappa shape index (κ3) is 7.77. The van der Waals surface area contributed by atoms with Crippen molar-refractivity contribution < 1.29 is 33.1 Å². The molecule has 1 aromatic carbocycles. The van der Waals surface area contributed by atoms with Crippen LogP contribution < -0.4 is 0 Å². The molecule has 8 nitrogen and oxygen atoms in total. The predicted molar refractivity (Wildman–Crippen MR) is 72.9 cm³/mol. The van der Waals surface area contributed by atoms with Crippen molar-refractivity contribution in [3.8, 4) is 5.75 Å². The zero-order chi connectivity index (χ0) is 15.0. The Morgan fingerprint density at radius 3 is 1.95 bits per heavy atom. The van der Waals surface area contributed by atoms with Gasteiger partial charge in [-0.1, -0.05) is 12.1 Å². The van der Waals surface area contributed by atoms with E-state index in [0.29, 0.717) is 13.0 Å². The molecule has 0 radical (unpaired) electrons. The summed E-state index contributed by atoms with van der Waals surface area (Å²) in [6.45, 7) is 0.0398. The highest BCUT2D eigenvalue weighted by Crippen LogP contribution is 2.18. The minimum absolute atomic E-state index is 0.162. The van der Waals surface area contributed by atoms with E-state index in [0.717, 1.165) is 5.56 Å². The van der Waals surface area contributed by atoms with E-state index in [1.54, 1.807) is 24.3 Å². The van der Waals surface area contributed by atoms with Crippen molar-refractivity contribution >= 4 is 16.5 Å². The summed E-state index contributed by atoms with van der Waals surface area (Å²) in [5.74, 6) is 0.162. The van der Waals surface area contributed by atoms with Gasteiger partial charge in [0.15, 0.2) is 0 Å². The van der Waals surface area contributed by atoms with Gasteiger partial charge < -0.3 is 14.9 Å². The van der Waals surface area contributed by atoms with Crippen LogP contribution in [0.15, 0.2) is 24.3 Å². The second kappa shape index (κ2) is 9.26. The van der Waals surface area contributed by atoms with Crippen LogP contribution in [-0.2, 0) is 24.6 Å². The summed E-state index contributed by atoms with van der Waals surface area (Å²) >= 11 is 0. The SMILES string of the molecule is O=[PH](O)OCN(CCc1ccc(O)cc1)CO[PH](=O)O. The van der Waals surface area contributed by atoms with Gasteiger partial charge >= 0.3 is 16.5 Å². The van der Waals surface area contributed by atoms with Crippen molar-refractivity contribution in [1.29, 1.82) is 0 Å². The van der Waals surface area contributed by atoms with Crippen molar-refractivity contribution in [1.82, 2.24) is 4.90 Å². The van der Waals surface area contributed by atoms with Gasteiger partial charge in [0.05, 0.1) is 0 Å². The van der Waals surface area contributed by atoms with Crippen LogP contribution in [0.2, 0.25) is 0 Å². The molecule has 20 heavy (non-hydrogen) atoms. The molecular weight excluding hydrogens is 308 g/mol. The van der Waals surface area contributed by atoms with E-state index in [2.05, 4.69) is 9.05 Å². The maximum absolute atomic E-state index is 10.5. The molecule has 0 aliphatic rings. The molecule has 0 saturated heterocycles. The lowest BCUT2D eigenvalue weighted by molar-refractivity contribution is 0.0516. The number of nitrogens with zero attached hydrogens (tertiary/aromatic N) is 1. The van der Waals surface area contributed by atoms with Crippen molar-refractivity contribution in [2.75, 3.05) is 20.0 Å².